The van der Waals surface area contributed by atoms with Crippen LogP contribution >= 0.6 is 0 Å². The minimum absolute atomic E-state index is 0.317. The van der Waals surface area contributed by atoms with Gasteiger partial charge in [0.1, 0.15) is 18.2 Å². The van der Waals surface area contributed by atoms with E-state index in [4.69, 9.17) is 0 Å². The highest BCUT2D eigenvalue weighted by Crippen LogP contribution is 2.27. The Morgan fingerprint density at radius 3 is 2.34 bits per heavy atom. The Kier molecular flexibility index (Phi) is 5.68. The number of amides is 3. The molecule has 4 rings (SSSR count). The van der Waals surface area contributed by atoms with Crippen LogP contribution < -0.4 is 10.6 Å². The maximum atomic E-state index is 13.0. The molecular weight excluding hydrogens is 406 g/mol. The lowest BCUT2D eigenvalue weighted by Crippen LogP contribution is -2.45. The third-order valence-electron chi connectivity index (χ3n) is 5.42. The molecule has 32 heavy (non-hydrogen) atoms. The average Bonchev–Trinajstić information content (AvgIpc) is 3.04. The number of nitrogens with zero attached hydrogens (tertiary/aromatic N) is 3. The van der Waals surface area contributed by atoms with Crippen molar-refractivity contribution in [2.24, 2.45) is 0 Å². The monoisotopic (exact) mass is 429 g/mol. The molecule has 0 saturated heterocycles. The van der Waals surface area contributed by atoms with E-state index in [9.17, 15) is 14.4 Å². The third-order valence-corrected chi connectivity index (χ3v) is 5.42. The Balaban J connectivity index is 1.55. The molecule has 8 heteroatoms. The molecule has 2 N–H and O–H groups in total. The van der Waals surface area contributed by atoms with Gasteiger partial charge >= 0.3 is 0 Å². The van der Waals surface area contributed by atoms with E-state index in [0.717, 1.165) is 21.8 Å². The molecule has 162 valence electrons. The molecule has 0 radical (unpaired) electrons. The van der Waals surface area contributed by atoms with Gasteiger partial charge in [0.2, 0.25) is 5.91 Å². The Morgan fingerprint density at radius 2 is 1.72 bits per heavy atom. The summed E-state index contributed by atoms with van der Waals surface area (Å²) in [4.78, 5) is 47.7. The number of nitrogens with one attached hydrogen (secondary N) is 2. The Morgan fingerprint density at radius 1 is 1.03 bits per heavy atom. The fourth-order valence-corrected chi connectivity index (χ4v) is 3.66. The van der Waals surface area contributed by atoms with Gasteiger partial charge in [-0.15, -0.1) is 0 Å². The van der Waals surface area contributed by atoms with Crippen LogP contribution in [0.3, 0.4) is 0 Å². The summed E-state index contributed by atoms with van der Waals surface area (Å²) < 4.78 is 0. The van der Waals surface area contributed by atoms with E-state index in [2.05, 4.69) is 20.6 Å². The minimum atomic E-state index is -0.965. The lowest BCUT2D eigenvalue weighted by atomic mass is 10.1. The van der Waals surface area contributed by atoms with E-state index in [-0.39, 0.29) is 0 Å². The highest BCUT2D eigenvalue weighted by atomic mass is 16.2. The summed E-state index contributed by atoms with van der Waals surface area (Å²) in [6.45, 7) is 5.41. The second-order valence-electron chi connectivity index (χ2n) is 7.59. The van der Waals surface area contributed by atoms with Crippen LogP contribution in [-0.4, -0.2) is 38.6 Å². The van der Waals surface area contributed by atoms with Crippen LogP contribution in [0.1, 0.15) is 45.8 Å². The van der Waals surface area contributed by atoms with Crippen molar-refractivity contribution in [2.45, 2.75) is 33.2 Å². The molecular formula is C24H23N5O3. The first-order chi connectivity index (χ1) is 15.4. The molecule has 0 bridgehead atoms. The van der Waals surface area contributed by atoms with Crippen LogP contribution in [0.15, 0.2) is 54.9 Å². The standard InChI is InChI=1S/C24H23N5O3/c1-4-16-9-10-17(27-21-11-14(2)25-13-26-21)12-20(16)28-22(30)15(3)29-23(31)18-7-5-6-8-19(18)24(29)32/h5-13,15H,4H2,1-3H3,(H,28,30)(H,25,26,27). The van der Waals surface area contributed by atoms with Gasteiger partial charge in [-0.1, -0.05) is 25.1 Å². The smallest absolute Gasteiger partial charge is 0.262 e. The lowest BCUT2D eigenvalue weighted by Gasteiger charge is -2.22. The zero-order valence-electron chi connectivity index (χ0n) is 18.0. The van der Waals surface area contributed by atoms with E-state index in [0.29, 0.717) is 29.1 Å². The molecule has 0 fully saturated rings. The number of aryl methyl sites for hydroxylation is 2. The molecule has 8 nitrogen and oxygen atoms in total. The Bertz CT molecular complexity index is 1190. The predicted octanol–water partition coefficient (Wildman–Crippen LogP) is 3.71. The first kappa shape index (κ1) is 21.2. The van der Waals surface area contributed by atoms with Crippen LogP contribution in [-0.2, 0) is 11.2 Å². The lowest BCUT2D eigenvalue weighted by molar-refractivity contribution is -0.119. The summed E-state index contributed by atoms with van der Waals surface area (Å²) in [7, 11) is 0. The maximum Gasteiger partial charge on any atom is 0.262 e. The summed E-state index contributed by atoms with van der Waals surface area (Å²) in [6, 6.07) is 13.1. The molecule has 1 unspecified atom stereocenters. The number of rotatable bonds is 6. The average molecular weight is 429 g/mol. The van der Waals surface area contributed by atoms with Crippen molar-refractivity contribution in [3.05, 3.63) is 77.2 Å². The van der Waals surface area contributed by atoms with Gasteiger partial charge in [0.15, 0.2) is 0 Å². The van der Waals surface area contributed by atoms with Crippen molar-refractivity contribution in [3.63, 3.8) is 0 Å². The number of anilines is 3. The van der Waals surface area contributed by atoms with Crippen LogP contribution in [0.4, 0.5) is 17.2 Å². The summed E-state index contributed by atoms with van der Waals surface area (Å²) in [5.74, 6) is -0.723. The van der Waals surface area contributed by atoms with Crippen LogP contribution in [0.25, 0.3) is 0 Å². The summed E-state index contributed by atoms with van der Waals surface area (Å²) in [5.41, 5.74) is 3.74. The first-order valence-corrected chi connectivity index (χ1v) is 10.4. The van der Waals surface area contributed by atoms with Crippen molar-refractivity contribution >= 4 is 34.9 Å². The molecule has 2 aromatic carbocycles. The number of hydrogen-bond acceptors (Lipinski definition) is 6. The van der Waals surface area contributed by atoms with Gasteiger partial charge in [-0.05, 0) is 50.1 Å². The maximum absolute atomic E-state index is 13.0. The molecule has 0 saturated carbocycles. The Hall–Kier alpha value is -4.07. The van der Waals surface area contributed by atoms with E-state index >= 15 is 0 Å². The SMILES string of the molecule is CCc1ccc(Nc2cc(C)ncn2)cc1NC(=O)C(C)N1C(=O)c2ccccc2C1=O. The van der Waals surface area contributed by atoms with Gasteiger partial charge in [0.05, 0.1) is 11.1 Å². The van der Waals surface area contributed by atoms with Gasteiger partial charge in [0, 0.05) is 23.1 Å². The van der Waals surface area contributed by atoms with Gasteiger partial charge in [-0.2, -0.15) is 0 Å². The topological polar surface area (TPSA) is 104 Å². The van der Waals surface area contributed by atoms with Gasteiger partial charge < -0.3 is 10.6 Å². The summed E-state index contributed by atoms with van der Waals surface area (Å²) in [6.07, 6.45) is 2.18. The second kappa shape index (κ2) is 8.58. The van der Waals surface area contributed by atoms with E-state index in [1.807, 2.05) is 38.1 Å². The number of aromatic nitrogens is 2. The molecule has 1 aliphatic heterocycles. The zero-order chi connectivity index (χ0) is 22.8. The highest BCUT2D eigenvalue weighted by Gasteiger charge is 2.40. The third kappa shape index (κ3) is 3.94. The molecule has 1 atom stereocenters. The van der Waals surface area contributed by atoms with Crippen LogP contribution in [0.2, 0.25) is 0 Å². The van der Waals surface area contributed by atoms with Gasteiger partial charge in [-0.25, -0.2) is 9.97 Å². The molecule has 0 aliphatic carbocycles. The number of carbonyl (C=O) groups is 3. The van der Waals surface area contributed by atoms with Crippen molar-refractivity contribution < 1.29 is 14.4 Å². The Labute approximate surface area is 185 Å². The fourth-order valence-electron chi connectivity index (χ4n) is 3.66. The summed E-state index contributed by atoms with van der Waals surface area (Å²) in [5, 5.41) is 6.08. The predicted molar refractivity (Wildman–Crippen MR) is 121 cm³/mol. The van der Waals surface area contributed by atoms with Gasteiger partial charge in [-0.3, -0.25) is 19.3 Å². The zero-order valence-corrected chi connectivity index (χ0v) is 18.0. The molecule has 0 spiro atoms. The van der Waals surface area contributed by atoms with Crippen molar-refractivity contribution in [1.82, 2.24) is 14.9 Å². The quantitative estimate of drug-likeness (QED) is 0.579. The van der Waals surface area contributed by atoms with Crippen LogP contribution in [0.5, 0.6) is 0 Å². The molecule has 2 heterocycles. The minimum Gasteiger partial charge on any atom is -0.340 e. The molecule has 3 amide bonds. The number of hydrogen-bond donors (Lipinski definition) is 2. The number of imide groups is 1. The number of carbonyl (C=O) groups excluding carboxylic acids is 3. The molecule has 1 aromatic heterocycles. The van der Waals surface area contributed by atoms with E-state index in [1.165, 1.54) is 6.33 Å². The van der Waals surface area contributed by atoms with Crippen molar-refractivity contribution in [3.8, 4) is 0 Å². The largest absolute Gasteiger partial charge is 0.340 e. The number of fused-ring (bicyclic) bond motifs is 1. The first-order valence-electron chi connectivity index (χ1n) is 10.4. The van der Waals surface area contributed by atoms with E-state index < -0.39 is 23.8 Å². The molecule has 3 aromatic rings. The van der Waals surface area contributed by atoms with Crippen molar-refractivity contribution in [1.29, 1.82) is 0 Å². The number of benzene rings is 2. The normalized spacial score (nSPS) is 13.7. The molecule has 1 aliphatic rings. The fraction of sp³-hybridized carbons (Fsp3) is 0.208. The summed E-state index contributed by atoms with van der Waals surface area (Å²) >= 11 is 0. The van der Waals surface area contributed by atoms with Crippen LogP contribution in [0, 0.1) is 6.92 Å². The van der Waals surface area contributed by atoms with Gasteiger partial charge in [0.25, 0.3) is 11.8 Å². The van der Waals surface area contributed by atoms with Crippen molar-refractivity contribution in [2.75, 3.05) is 10.6 Å². The second-order valence-corrected chi connectivity index (χ2v) is 7.59. The van der Waals surface area contributed by atoms with E-state index in [1.54, 1.807) is 31.2 Å². The highest BCUT2D eigenvalue weighted by molar-refractivity contribution is 6.23.